The van der Waals surface area contributed by atoms with Crippen LogP contribution in [0.1, 0.15) is 42.7 Å². The van der Waals surface area contributed by atoms with E-state index in [0.29, 0.717) is 18.5 Å². The molecule has 1 aromatic carbocycles. The molecule has 6 heteroatoms. The van der Waals surface area contributed by atoms with Crippen LogP contribution < -0.4 is 0 Å². The first-order valence-corrected chi connectivity index (χ1v) is 9.29. The topological polar surface area (TPSA) is 53.4 Å². The Morgan fingerprint density at radius 1 is 1.07 bits per heavy atom. The van der Waals surface area contributed by atoms with Gasteiger partial charge in [-0.05, 0) is 61.1 Å². The van der Waals surface area contributed by atoms with Gasteiger partial charge >= 0.3 is 0 Å². The molecule has 2 bridgehead atoms. The van der Waals surface area contributed by atoms with Crippen molar-refractivity contribution in [2.45, 2.75) is 48.7 Å². The minimum atomic E-state index is -1.21. The van der Waals surface area contributed by atoms with E-state index in [4.69, 9.17) is 0 Å². The van der Waals surface area contributed by atoms with E-state index in [1.54, 1.807) is 12.4 Å². The average Bonchev–Trinajstić information content (AvgIpc) is 2.60. The van der Waals surface area contributed by atoms with Crippen LogP contribution in [0.2, 0.25) is 0 Å². The van der Waals surface area contributed by atoms with Gasteiger partial charge < -0.3 is 10.0 Å². The van der Waals surface area contributed by atoms with E-state index in [1.165, 1.54) is 11.6 Å². The average molecular weight is 370 g/mol. The number of piperidine rings is 1. The minimum absolute atomic E-state index is 0.144. The van der Waals surface area contributed by atoms with Gasteiger partial charge in [0.25, 0.3) is 5.91 Å². The third-order valence-electron chi connectivity index (χ3n) is 6.80. The number of rotatable bonds is 3. The van der Waals surface area contributed by atoms with Gasteiger partial charge in [0.05, 0.1) is 0 Å². The summed E-state index contributed by atoms with van der Waals surface area (Å²) < 4.78 is 26.7. The van der Waals surface area contributed by atoms with Crippen molar-refractivity contribution >= 4 is 5.91 Å². The number of carbonyl (C=O) groups is 1. The van der Waals surface area contributed by atoms with Gasteiger partial charge in [-0.15, -0.1) is 0 Å². The molecule has 2 aromatic rings. The number of nitrogens with zero attached hydrogens (tertiary/aromatic N) is 2. The van der Waals surface area contributed by atoms with E-state index in [0.717, 1.165) is 31.4 Å². The van der Waals surface area contributed by atoms with Crippen LogP contribution in [0.15, 0.2) is 42.7 Å². The summed E-state index contributed by atoms with van der Waals surface area (Å²) in [4.78, 5) is 18.8. The van der Waals surface area contributed by atoms with Crippen LogP contribution in [0.3, 0.4) is 0 Å². The molecule has 4 fully saturated rings. The normalized spacial score (nSPS) is 34.8. The highest BCUT2D eigenvalue weighted by Crippen LogP contribution is 2.70. The van der Waals surface area contributed by atoms with Crippen LogP contribution >= 0.6 is 0 Å². The molecule has 1 N–H and O–H groups in total. The SMILES string of the molecule is O=C1[C@@H](O)[C@H](c2ccc(F)c(F)c2)CCN1C12CC(c3ccncc3)(C1)C2. The second kappa shape index (κ2) is 5.58. The molecule has 6 rings (SSSR count). The Morgan fingerprint density at radius 3 is 2.44 bits per heavy atom. The molecule has 1 aromatic heterocycles. The van der Waals surface area contributed by atoms with Gasteiger partial charge in [-0.25, -0.2) is 8.78 Å². The molecule has 2 heterocycles. The number of amides is 1. The standard InChI is InChI=1S/C21H20F2N2O2/c22-16-2-1-13(9-17(16)23)15-5-8-25(19(27)18(15)26)21-10-20(11-21,12-21)14-3-6-24-7-4-14/h1-4,6-7,9,15,18,26H,5,8,10-12H2/t15-,18-,20?,21?/m0/s1. The molecule has 2 atom stereocenters. The largest absolute Gasteiger partial charge is 0.383 e. The fraction of sp³-hybridized carbons (Fsp3) is 0.429. The van der Waals surface area contributed by atoms with Crippen LogP contribution in [-0.2, 0) is 10.2 Å². The number of hydrogen-bond donors (Lipinski definition) is 1. The van der Waals surface area contributed by atoms with Crippen molar-refractivity contribution in [3.8, 4) is 0 Å². The van der Waals surface area contributed by atoms with Crippen molar-refractivity contribution < 1.29 is 18.7 Å². The Hall–Kier alpha value is -2.34. The summed E-state index contributed by atoms with van der Waals surface area (Å²) in [5, 5.41) is 10.6. The molecule has 1 amide bonds. The Bertz CT molecular complexity index is 898. The first kappa shape index (κ1) is 16.8. The number of carbonyl (C=O) groups excluding carboxylic acids is 1. The summed E-state index contributed by atoms with van der Waals surface area (Å²) in [5.41, 5.74) is 1.73. The van der Waals surface area contributed by atoms with Crippen molar-refractivity contribution in [1.82, 2.24) is 9.88 Å². The van der Waals surface area contributed by atoms with Crippen molar-refractivity contribution in [3.63, 3.8) is 0 Å². The molecule has 140 valence electrons. The number of pyridine rings is 1. The van der Waals surface area contributed by atoms with Gasteiger partial charge in [0.1, 0.15) is 6.10 Å². The van der Waals surface area contributed by atoms with Crippen LogP contribution in [0.4, 0.5) is 8.78 Å². The summed E-state index contributed by atoms with van der Waals surface area (Å²) in [7, 11) is 0. The molecule has 1 aliphatic heterocycles. The second-order valence-electron chi connectivity index (χ2n) is 8.27. The zero-order valence-corrected chi connectivity index (χ0v) is 14.7. The van der Waals surface area contributed by atoms with E-state index in [9.17, 15) is 18.7 Å². The lowest BCUT2D eigenvalue weighted by Gasteiger charge is -2.74. The zero-order chi connectivity index (χ0) is 18.8. The van der Waals surface area contributed by atoms with Crippen molar-refractivity contribution in [3.05, 3.63) is 65.5 Å². The van der Waals surface area contributed by atoms with E-state index < -0.39 is 23.7 Å². The lowest BCUT2D eigenvalue weighted by Crippen LogP contribution is -2.79. The van der Waals surface area contributed by atoms with Gasteiger partial charge in [-0.3, -0.25) is 9.78 Å². The fourth-order valence-corrected chi connectivity index (χ4v) is 5.46. The molecule has 27 heavy (non-hydrogen) atoms. The lowest BCUT2D eigenvalue weighted by molar-refractivity contribution is -0.198. The Balaban J connectivity index is 1.31. The smallest absolute Gasteiger partial charge is 0.252 e. The molecule has 4 aliphatic rings. The van der Waals surface area contributed by atoms with Crippen molar-refractivity contribution in [1.29, 1.82) is 0 Å². The van der Waals surface area contributed by atoms with Gasteiger partial charge in [0.15, 0.2) is 11.6 Å². The van der Waals surface area contributed by atoms with Crippen molar-refractivity contribution in [2.24, 2.45) is 0 Å². The Morgan fingerprint density at radius 2 is 1.78 bits per heavy atom. The molecule has 4 nitrogen and oxygen atoms in total. The van der Waals surface area contributed by atoms with Crippen LogP contribution in [0.5, 0.6) is 0 Å². The van der Waals surface area contributed by atoms with Crippen LogP contribution in [0, 0.1) is 11.6 Å². The summed E-state index contributed by atoms with van der Waals surface area (Å²) >= 11 is 0. The maximum absolute atomic E-state index is 13.5. The third-order valence-corrected chi connectivity index (χ3v) is 6.80. The number of aromatic nitrogens is 1. The Labute approximate surface area is 155 Å². The highest BCUT2D eigenvalue weighted by atomic mass is 19.2. The van der Waals surface area contributed by atoms with Gasteiger partial charge in [-0.2, -0.15) is 0 Å². The lowest BCUT2D eigenvalue weighted by atomic mass is 9.37. The minimum Gasteiger partial charge on any atom is -0.383 e. The van der Waals surface area contributed by atoms with Gasteiger partial charge in [-0.1, -0.05) is 6.07 Å². The number of aliphatic hydroxyl groups is 1. The summed E-state index contributed by atoms with van der Waals surface area (Å²) in [6.07, 6.45) is 5.67. The molecule has 0 radical (unpaired) electrons. The first-order chi connectivity index (χ1) is 12.9. The van der Waals surface area contributed by atoms with Gasteiger partial charge in [0.2, 0.25) is 0 Å². The number of halogens is 2. The van der Waals surface area contributed by atoms with Crippen LogP contribution in [-0.4, -0.2) is 39.1 Å². The molecular weight excluding hydrogens is 350 g/mol. The summed E-state index contributed by atoms with van der Waals surface area (Å²) in [5.74, 6) is -2.66. The van der Waals surface area contributed by atoms with E-state index in [-0.39, 0.29) is 16.9 Å². The molecule has 3 aliphatic carbocycles. The Kier molecular flexibility index (Phi) is 3.47. The molecule has 0 unspecified atom stereocenters. The van der Waals surface area contributed by atoms with E-state index >= 15 is 0 Å². The molecule has 1 saturated heterocycles. The number of hydrogen-bond acceptors (Lipinski definition) is 3. The summed E-state index contributed by atoms with van der Waals surface area (Å²) in [6, 6.07) is 7.66. The molecular formula is C21H20F2N2O2. The first-order valence-electron chi connectivity index (χ1n) is 9.29. The maximum Gasteiger partial charge on any atom is 0.252 e. The fourth-order valence-electron chi connectivity index (χ4n) is 5.46. The highest BCUT2D eigenvalue weighted by Gasteiger charge is 2.72. The highest BCUT2D eigenvalue weighted by molar-refractivity contribution is 5.84. The monoisotopic (exact) mass is 370 g/mol. The third kappa shape index (κ3) is 2.29. The maximum atomic E-state index is 13.5. The molecule has 3 saturated carbocycles. The predicted molar refractivity (Wildman–Crippen MR) is 93.9 cm³/mol. The van der Waals surface area contributed by atoms with E-state index in [2.05, 4.69) is 4.98 Å². The number of likely N-dealkylation sites (tertiary alicyclic amines) is 1. The van der Waals surface area contributed by atoms with Gasteiger partial charge in [0, 0.05) is 35.8 Å². The molecule has 0 spiro atoms. The van der Waals surface area contributed by atoms with Crippen molar-refractivity contribution in [2.75, 3.05) is 6.54 Å². The van der Waals surface area contributed by atoms with Crippen LogP contribution in [0.25, 0.3) is 0 Å². The number of benzene rings is 1. The predicted octanol–water partition coefficient (Wildman–Crippen LogP) is 2.91. The second-order valence-corrected chi connectivity index (χ2v) is 8.27. The van der Waals surface area contributed by atoms with E-state index in [1.807, 2.05) is 17.0 Å². The number of aliphatic hydroxyl groups excluding tert-OH is 1. The zero-order valence-electron chi connectivity index (χ0n) is 14.7. The summed E-state index contributed by atoms with van der Waals surface area (Å²) in [6.45, 7) is 0.534. The quantitative estimate of drug-likeness (QED) is 0.904.